The molecular formula is C20H26N8O3. The number of amides is 1. The smallest absolute Gasteiger partial charge is 0.409 e. The summed E-state index contributed by atoms with van der Waals surface area (Å²) in [5.74, 6) is 1.85. The van der Waals surface area contributed by atoms with Crippen molar-refractivity contribution in [3.05, 3.63) is 18.0 Å². The van der Waals surface area contributed by atoms with Crippen LogP contribution in [0.2, 0.25) is 0 Å². The van der Waals surface area contributed by atoms with Crippen molar-refractivity contribution in [2.24, 2.45) is 0 Å². The van der Waals surface area contributed by atoms with E-state index in [1.165, 1.54) is 7.11 Å². The second kappa shape index (κ2) is 8.14. The van der Waals surface area contributed by atoms with E-state index in [4.69, 9.17) is 25.2 Å². The minimum absolute atomic E-state index is 0.198. The lowest BCUT2D eigenvalue weighted by atomic mass is 10.1. The van der Waals surface area contributed by atoms with Crippen LogP contribution in [0.15, 0.2) is 12.4 Å². The molecule has 0 radical (unpaired) electrons. The van der Waals surface area contributed by atoms with Gasteiger partial charge in [-0.1, -0.05) is 0 Å². The molecule has 1 atom stereocenters. The zero-order chi connectivity index (χ0) is 21.4. The number of hydrogen-bond acceptors (Lipinski definition) is 10. The largest absolute Gasteiger partial charge is 0.453 e. The summed E-state index contributed by atoms with van der Waals surface area (Å²) in [6.07, 6.45) is 4.86. The van der Waals surface area contributed by atoms with Crippen molar-refractivity contribution < 1.29 is 14.3 Å². The van der Waals surface area contributed by atoms with Gasteiger partial charge in [0.05, 0.1) is 26.0 Å². The molecule has 5 rings (SSSR count). The highest BCUT2D eigenvalue weighted by Crippen LogP contribution is 2.37. The first-order chi connectivity index (χ1) is 15.1. The fraction of sp³-hybridized carbons (Fsp3) is 0.550. The second-order valence-corrected chi connectivity index (χ2v) is 7.91. The summed E-state index contributed by atoms with van der Waals surface area (Å²) in [5, 5.41) is 0. The van der Waals surface area contributed by atoms with E-state index in [0.717, 1.165) is 55.1 Å². The molecule has 0 aliphatic carbocycles. The Morgan fingerprint density at radius 1 is 1.16 bits per heavy atom. The Kier molecular flexibility index (Phi) is 5.18. The minimum atomic E-state index is -0.279. The molecule has 0 saturated carbocycles. The molecule has 2 saturated heterocycles. The van der Waals surface area contributed by atoms with Gasteiger partial charge < -0.3 is 29.9 Å². The Labute approximate surface area is 180 Å². The van der Waals surface area contributed by atoms with Crippen molar-refractivity contribution in [3.8, 4) is 11.3 Å². The van der Waals surface area contributed by atoms with Crippen LogP contribution < -0.4 is 15.5 Å². The molecule has 31 heavy (non-hydrogen) atoms. The number of fused-ring (bicyclic) bond motifs is 1. The van der Waals surface area contributed by atoms with Crippen LogP contribution in [0, 0.1) is 0 Å². The summed E-state index contributed by atoms with van der Waals surface area (Å²) in [4.78, 5) is 36.4. The molecule has 1 amide bonds. The lowest BCUT2D eigenvalue weighted by molar-refractivity contribution is 0.122. The Morgan fingerprint density at radius 2 is 1.94 bits per heavy atom. The summed E-state index contributed by atoms with van der Waals surface area (Å²) in [7, 11) is 1.42. The third kappa shape index (κ3) is 3.69. The molecule has 11 heteroatoms. The van der Waals surface area contributed by atoms with Crippen molar-refractivity contribution in [3.63, 3.8) is 0 Å². The number of anilines is 3. The first-order valence-electron chi connectivity index (χ1n) is 10.5. The van der Waals surface area contributed by atoms with Gasteiger partial charge in [-0.25, -0.2) is 19.7 Å². The van der Waals surface area contributed by atoms with Crippen LogP contribution in [0.25, 0.3) is 11.3 Å². The Morgan fingerprint density at radius 3 is 2.68 bits per heavy atom. The first-order valence-corrected chi connectivity index (χ1v) is 10.5. The molecule has 0 bridgehead atoms. The van der Waals surface area contributed by atoms with Gasteiger partial charge in [0.2, 0.25) is 11.9 Å². The third-order valence-corrected chi connectivity index (χ3v) is 6.12. The predicted molar refractivity (Wildman–Crippen MR) is 114 cm³/mol. The zero-order valence-electron chi connectivity index (χ0n) is 17.5. The molecule has 5 heterocycles. The van der Waals surface area contributed by atoms with Crippen LogP contribution in [0.5, 0.6) is 0 Å². The molecule has 2 fully saturated rings. The number of methoxy groups -OCH3 is 1. The van der Waals surface area contributed by atoms with Crippen LogP contribution in [-0.4, -0.2) is 90.0 Å². The molecule has 0 spiro atoms. The average Bonchev–Trinajstić information content (AvgIpc) is 3.46. The Bertz CT molecular complexity index is 964. The number of likely N-dealkylation sites (tertiary alicyclic amines) is 1. The highest BCUT2D eigenvalue weighted by molar-refractivity contribution is 5.73. The number of aromatic nitrogens is 4. The van der Waals surface area contributed by atoms with Gasteiger partial charge in [-0.2, -0.15) is 4.98 Å². The monoisotopic (exact) mass is 426 g/mol. The van der Waals surface area contributed by atoms with Crippen molar-refractivity contribution in [2.75, 3.05) is 68.6 Å². The summed E-state index contributed by atoms with van der Waals surface area (Å²) >= 11 is 0. The fourth-order valence-electron chi connectivity index (χ4n) is 4.52. The molecule has 2 aromatic heterocycles. The number of nitrogens with zero attached hydrogens (tertiary/aromatic N) is 7. The normalized spacial score (nSPS) is 20.8. The maximum atomic E-state index is 12.0. The molecule has 1 unspecified atom stereocenters. The van der Waals surface area contributed by atoms with Crippen LogP contribution in [0.3, 0.4) is 0 Å². The van der Waals surface area contributed by atoms with Gasteiger partial charge in [-0.05, 0) is 12.8 Å². The van der Waals surface area contributed by atoms with Crippen molar-refractivity contribution >= 4 is 23.8 Å². The van der Waals surface area contributed by atoms with Crippen LogP contribution >= 0.6 is 0 Å². The lowest BCUT2D eigenvalue weighted by Gasteiger charge is -2.30. The van der Waals surface area contributed by atoms with Crippen LogP contribution in [-0.2, 0) is 15.9 Å². The van der Waals surface area contributed by atoms with Crippen LogP contribution in [0.1, 0.15) is 12.0 Å². The third-order valence-electron chi connectivity index (χ3n) is 6.12. The van der Waals surface area contributed by atoms with Crippen molar-refractivity contribution in [1.29, 1.82) is 0 Å². The molecule has 2 aromatic rings. The summed E-state index contributed by atoms with van der Waals surface area (Å²) in [6.45, 7) is 4.94. The number of carbonyl (C=O) groups is 1. The fourth-order valence-corrected chi connectivity index (χ4v) is 4.52. The first kappa shape index (κ1) is 19.7. The number of carbonyl (C=O) groups excluding carboxylic acids is 1. The van der Waals surface area contributed by atoms with Gasteiger partial charge in [0.25, 0.3) is 0 Å². The molecule has 3 aliphatic heterocycles. The molecule has 2 N–H and O–H groups in total. The quantitative estimate of drug-likeness (QED) is 0.744. The van der Waals surface area contributed by atoms with Crippen LogP contribution in [0.4, 0.5) is 22.5 Å². The van der Waals surface area contributed by atoms with E-state index in [9.17, 15) is 4.79 Å². The lowest BCUT2D eigenvalue weighted by Crippen LogP contribution is -2.39. The van der Waals surface area contributed by atoms with E-state index in [-0.39, 0.29) is 18.1 Å². The standard InChI is InChI=1S/C20H26N8O3/c1-30-20(29)27-4-2-14(12-27)28-5-3-15-16(13-10-22-18(21)23-11-13)24-19(25-17(15)28)26-6-8-31-9-7-26/h10-11,14H,2-9,12H2,1H3,(H2,21,22,23). The van der Waals surface area contributed by atoms with E-state index in [1.807, 2.05) is 0 Å². The van der Waals surface area contributed by atoms with E-state index in [2.05, 4.69) is 19.8 Å². The number of morpholine rings is 1. The zero-order valence-corrected chi connectivity index (χ0v) is 17.5. The Balaban J connectivity index is 1.52. The topological polar surface area (TPSA) is 123 Å². The summed E-state index contributed by atoms with van der Waals surface area (Å²) in [6, 6.07) is 0.198. The number of ether oxygens (including phenoxy) is 2. The molecule has 11 nitrogen and oxygen atoms in total. The van der Waals surface area contributed by atoms with E-state index in [1.54, 1.807) is 17.3 Å². The van der Waals surface area contributed by atoms with Gasteiger partial charge >= 0.3 is 6.09 Å². The number of rotatable bonds is 3. The highest BCUT2D eigenvalue weighted by Gasteiger charge is 2.37. The summed E-state index contributed by atoms with van der Waals surface area (Å²) in [5.41, 5.74) is 8.45. The second-order valence-electron chi connectivity index (χ2n) is 7.91. The Hall–Kier alpha value is -3.21. The van der Waals surface area contributed by atoms with Crippen molar-refractivity contribution in [2.45, 2.75) is 18.9 Å². The highest BCUT2D eigenvalue weighted by atomic mass is 16.5. The molecule has 164 valence electrons. The van der Waals surface area contributed by atoms with Gasteiger partial charge in [-0.15, -0.1) is 0 Å². The molecular weight excluding hydrogens is 400 g/mol. The van der Waals surface area contributed by atoms with E-state index >= 15 is 0 Å². The maximum Gasteiger partial charge on any atom is 0.409 e. The maximum absolute atomic E-state index is 12.0. The van der Waals surface area contributed by atoms with Gasteiger partial charge in [-0.3, -0.25) is 0 Å². The van der Waals surface area contributed by atoms with Crippen molar-refractivity contribution in [1.82, 2.24) is 24.8 Å². The number of nitrogen functional groups attached to an aromatic ring is 1. The SMILES string of the molecule is COC(=O)N1CCC(N2CCc3c(-c4cnc(N)nc4)nc(N4CCOCC4)nc32)C1. The number of hydrogen-bond donors (Lipinski definition) is 1. The molecule has 3 aliphatic rings. The minimum Gasteiger partial charge on any atom is -0.453 e. The number of nitrogens with two attached hydrogens (primary N) is 1. The van der Waals surface area contributed by atoms with E-state index < -0.39 is 0 Å². The van der Waals surface area contributed by atoms with Gasteiger partial charge in [0.15, 0.2) is 0 Å². The molecule has 0 aromatic carbocycles. The average molecular weight is 426 g/mol. The van der Waals surface area contributed by atoms with Gasteiger partial charge in [0.1, 0.15) is 5.82 Å². The van der Waals surface area contributed by atoms with Gasteiger partial charge in [0, 0.05) is 62.3 Å². The predicted octanol–water partition coefficient (Wildman–Crippen LogP) is 0.556. The van der Waals surface area contributed by atoms with E-state index in [0.29, 0.717) is 32.3 Å². The summed E-state index contributed by atoms with van der Waals surface area (Å²) < 4.78 is 10.4.